The van der Waals surface area contributed by atoms with Crippen LogP contribution >= 0.6 is 0 Å². The number of nitrogens with one attached hydrogen (secondary N) is 2. The lowest BCUT2D eigenvalue weighted by molar-refractivity contribution is -0.153. The van der Waals surface area contributed by atoms with Gasteiger partial charge in [-0.15, -0.1) is 0 Å². The minimum Gasteiger partial charge on any atom is -0.452 e. The van der Waals surface area contributed by atoms with Crippen LogP contribution in [0.15, 0.2) is 24.3 Å². The van der Waals surface area contributed by atoms with Crippen LogP contribution < -0.4 is 15.5 Å². The van der Waals surface area contributed by atoms with Crippen molar-refractivity contribution in [3.63, 3.8) is 0 Å². The monoisotopic (exact) mass is 361 g/mol. The first-order chi connectivity index (χ1) is 12.5. The number of esters is 1. The van der Waals surface area contributed by atoms with E-state index in [0.29, 0.717) is 5.69 Å². The highest BCUT2D eigenvalue weighted by Crippen LogP contribution is 2.21. The average molecular weight is 361 g/mol. The first-order valence-electron chi connectivity index (χ1n) is 9.05. The zero-order valence-corrected chi connectivity index (χ0v) is 15.4. The maximum Gasteiger partial charge on any atom is 0.308 e. The van der Waals surface area contributed by atoms with Gasteiger partial charge in [0.15, 0.2) is 6.10 Å². The molecule has 0 aromatic heterocycles. The van der Waals surface area contributed by atoms with Crippen LogP contribution in [0.2, 0.25) is 0 Å². The number of benzene rings is 1. The smallest absolute Gasteiger partial charge is 0.308 e. The minimum absolute atomic E-state index is 0.0295. The molecule has 1 unspecified atom stereocenters. The van der Waals surface area contributed by atoms with Gasteiger partial charge in [-0.2, -0.15) is 0 Å². The van der Waals surface area contributed by atoms with Crippen molar-refractivity contribution < 1.29 is 19.1 Å². The van der Waals surface area contributed by atoms with Crippen molar-refractivity contribution >= 4 is 29.2 Å². The minimum atomic E-state index is -0.901. The average Bonchev–Trinajstić information content (AvgIpc) is 2.62. The van der Waals surface area contributed by atoms with Crippen LogP contribution in [0.5, 0.6) is 0 Å². The molecule has 1 atom stereocenters. The molecule has 2 N–H and O–H groups in total. The molecule has 142 valence electrons. The van der Waals surface area contributed by atoms with E-state index in [1.807, 2.05) is 24.3 Å². The number of hydrogen-bond acceptors (Lipinski definition) is 5. The third-order valence-electron chi connectivity index (χ3n) is 4.24. The second-order valence-corrected chi connectivity index (χ2v) is 6.45. The quantitative estimate of drug-likeness (QED) is 0.726. The van der Waals surface area contributed by atoms with Crippen LogP contribution in [0.3, 0.4) is 0 Å². The predicted molar refractivity (Wildman–Crippen MR) is 100.0 cm³/mol. The number of piperidine rings is 1. The number of rotatable bonds is 7. The highest BCUT2D eigenvalue weighted by Gasteiger charge is 2.18. The SMILES string of the molecule is CC(=O)NCCC(=O)OC(C)C(=O)Nc1ccc(N2CCCCC2)cc1. The molecule has 1 saturated heterocycles. The van der Waals surface area contributed by atoms with E-state index in [4.69, 9.17) is 4.74 Å². The number of anilines is 2. The highest BCUT2D eigenvalue weighted by molar-refractivity contribution is 5.95. The molecule has 1 aromatic rings. The number of carbonyl (C=O) groups is 3. The number of ether oxygens (including phenoxy) is 1. The lowest BCUT2D eigenvalue weighted by Gasteiger charge is -2.28. The van der Waals surface area contributed by atoms with Crippen molar-refractivity contribution in [2.24, 2.45) is 0 Å². The molecule has 0 bridgehead atoms. The zero-order valence-electron chi connectivity index (χ0n) is 15.4. The van der Waals surface area contributed by atoms with E-state index in [9.17, 15) is 14.4 Å². The summed E-state index contributed by atoms with van der Waals surface area (Å²) in [4.78, 5) is 36.9. The van der Waals surface area contributed by atoms with Crippen molar-refractivity contribution in [2.75, 3.05) is 29.9 Å². The van der Waals surface area contributed by atoms with Crippen LogP contribution in [-0.4, -0.2) is 43.5 Å². The van der Waals surface area contributed by atoms with Gasteiger partial charge < -0.3 is 20.3 Å². The summed E-state index contributed by atoms with van der Waals surface area (Å²) in [7, 11) is 0. The van der Waals surface area contributed by atoms with Crippen molar-refractivity contribution in [3.8, 4) is 0 Å². The Morgan fingerprint density at radius 2 is 1.77 bits per heavy atom. The van der Waals surface area contributed by atoms with Crippen molar-refractivity contribution in [1.82, 2.24) is 5.32 Å². The fourth-order valence-corrected chi connectivity index (χ4v) is 2.80. The third-order valence-corrected chi connectivity index (χ3v) is 4.24. The first kappa shape index (κ1) is 19.8. The summed E-state index contributed by atoms with van der Waals surface area (Å²) in [5.41, 5.74) is 1.82. The zero-order chi connectivity index (χ0) is 18.9. The lowest BCUT2D eigenvalue weighted by Crippen LogP contribution is -2.31. The molecule has 0 spiro atoms. The lowest BCUT2D eigenvalue weighted by atomic mass is 10.1. The molecule has 1 fully saturated rings. The van der Waals surface area contributed by atoms with Gasteiger partial charge in [-0.05, 0) is 50.5 Å². The molecular weight excluding hydrogens is 334 g/mol. The summed E-state index contributed by atoms with van der Waals surface area (Å²) < 4.78 is 5.07. The Bertz CT molecular complexity index is 624. The summed E-state index contributed by atoms with van der Waals surface area (Å²) in [5, 5.41) is 5.25. The maximum absolute atomic E-state index is 12.1. The van der Waals surface area contributed by atoms with Crippen molar-refractivity contribution in [3.05, 3.63) is 24.3 Å². The second kappa shape index (κ2) is 9.79. The molecular formula is C19H27N3O4. The van der Waals surface area contributed by atoms with E-state index in [-0.39, 0.29) is 24.8 Å². The van der Waals surface area contributed by atoms with Crippen LogP contribution in [0.25, 0.3) is 0 Å². The maximum atomic E-state index is 12.1. The topological polar surface area (TPSA) is 87.7 Å². The van der Waals surface area contributed by atoms with E-state index in [1.54, 1.807) is 0 Å². The number of nitrogens with zero attached hydrogens (tertiary/aromatic N) is 1. The Kier molecular flexibility index (Phi) is 7.44. The van der Waals surface area contributed by atoms with Gasteiger partial charge in [0, 0.05) is 37.9 Å². The Labute approximate surface area is 154 Å². The molecule has 1 heterocycles. The Morgan fingerprint density at radius 1 is 1.12 bits per heavy atom. The van der Waals surface area contributed by atoms with Crippen LogP contribution in [0, 0.1) is 0 Å². The van der Waals surface area contributed by atoms with E-state index < -0.39 is 12.1 Å². The largest absolute Gasteiger partial charge is 0.452 e. The highest BCUT2D eigenvalue weighted by atomic mass is 16.5. The third kappa shape index (κ3) is 6.38. The van der Waals surface area contributed by atoms with Gasteiger partial charge in [-0.1, -0.05) is 0 Å². The standard InChI is InChI=1S/C19H27N3O4/c1-14(26-18(24)10-11-20-15(2)23)19(25)21-16-6-8-17(9-7-16)22-12-4-3-5-13-22/h6-9,14H,3-5,10-13H2,1-2H3,(H,20,23)(H,21,25). The van der Waals surface area contributed by atoms with Crippen LogP contribution in [0.1, 0.15) is 39.5 Å². The molecule has 7 nitrogen and oxygen atoms in total. The summed E-state index contributed by atoms with van der Waals surface area (Å²) in [6.07, 6.45) is 2.84. The summed E-state index contributed by atoms with van der Waals surface area (Å²) in [6, 6.07) is 7.69. The first-order valence-corrected chi connectivity index (χ1v) is 9.05. The molecule has 1 aliphatic rings. The van der Waals surface area contributed by atoms with Gasteiger partial charge in [0.25, 0.3) is 5.91 Å². The molecule has 2 amide bonds. The van der Waals surface area contributed by atoms with Gasteiger partial charge in [-0.25, -0.2) is 0 Å². The molecule has 0 radical (unpaired) electrons. The summed E-state index contributed by atoms with van der Waals surface area (Å²) in [5.74, 6) is -1.12. The number of hydrogen-bond donors (Lipinski definition) is 2. The van der Waals surface area contributed by atoms with Gasteiger partial charge in [0.1, 0.15) is 0 Å². The summed E-state index contributed by atoms with van der Waals surface area (Å²) >= 11 is 0. The molecule has 26 heavy (non-hydrogen) atoms. The van der Waals surface area contributed by atoms with Crippen LogP contribution in [-0.2, 0) is 19.1 Å². The van der Waals surface area contributed by atoms with Crippen LogP contribution in [0.4, 0.5) is 11.4 Å². The Morgan fingerprint density at radius 3 is 2.38 bits per heavy atom. The van der Waals surface area contributed by atoms with Gasteiger partial charge in [0.2, 0.25) is 5.91 Å². The van der Waals surface area contributed by atoms with E-state index in [1.165, 1.54) is 33.1 Å². The van der Waals surface area contributed by atoms with E-state index in [2.05, 4.69) is 15.5 Å². The molecule has 1 aliphatic heterocycles. The fraction of sp³-hybridized carbons (Fsp3) is 0.526. The van der Waals surface area contributed by atoms with Gasteiger partial charge >= 0.3 is 5.97 Å². The molecule has 1 aromatic carbocycles. The normalized spacial score (nSPS) is 15.1. The van der Waals surface area contributed by atoms with E-state index in [0.717, 1.165) is 18.8 Å². The molecule has 2 rings (SSSR count). The van der Waals surface area contributed by atoms with Crippen molar-refractivity contribution in [2.45, 2.75) is 45.6 Å². The number of amides is 2. The predicted octanol–water partition coefficient (Wildman–Crippen LogP) is 2.07. The fourth-order valence-electron chi connectivity index (χ4n) is 2.80. The Hall–Kier alpha value is -2.57. The number of carbonyl (C=O) groups excluding carboxylic acids is 3. The van der Waals surface area contributed by atoms with Gasteiger partial charge in [-0.3, -0.25) is 14.4 Å². The Balaban J connectivity index is 1.78. The second-order valence-electron chi connectivity index (χ2n) is 6.45. The summed E-state index contributed by atoms with van der Waals surface area (Å²) in [6.45, 7) is 5.22. The molecule has 0 saturated carbocycles. The van der Waals surface area contributed by atoms with E-state index >= 15 is 0 Å². The molecule has 7 heteroatoms. The van der Waals surface area contributed by atoms with Crippen molar-refractivity contribution in [1.29, 1.82) is 0 Å². The van der Waals surface area contributed by atoms with Gasteiger partial charge in [0.05, 0.1) is 6.42 Å². The molecule has 0 aliphatic carbocycles.